The van der Waals surface area contributed by atoms with Gasteiger partial charge in [0.15, 0.2) is 0 Å². The Morgan fingerprint density at radius 1 is 1.16 bits per heavy atom. The molecule has 160 valence electrons. The number of fused-ring (bicyclic) bond motifs is 2. The van der Waals surface area contributed by atoms with Gasteiger partial charge in [0, 0.05) is 29.6 Å². The molecule has 0 bridgehead atoms. The number of hydrogen-bond donors (Lipinski definition) is 2. The molecule has 7 heteroatoms. The van der Waals surface area contributed by atoms with Gasteiger partial charge in [0.1, 0.15) is 17.4 Å². The molecule has 5 rings (SSSR count). The predicted molar refractivity (Wildman–Crippen MR) is 119 cm³/mol. The average Bonchev–Trinajstić information content (AvgIpc) is 3.19. The number of likely N-dealkylation sites (tertiary alicyclic amines) is 1. The minimum absolute atomic E-state index is 0.114. The zero-order valence-electron chi connectivity index (χ0n) is 17.5. The molecule has 1 aliphatic rings. The summed E-state index contributed by atoms with van der Waals surface area (Å²) in [6.45, 7) is 2.89. The van der Waals surface area contributed by atoms with Crippen molar-refractivity contribution in [2.45, 2.75) is 25.2 Å². The van der Waals surface area contributed by atoms with Crippen LogP contribution in [0.2, 0.25) is 0 Å². The van der Waals surface area contributed by atoms with E-state index in [1.165, 1.54) is 17.7 Å². The molecule has 6 nitrogen and oxygen atoms in total. The van der Waals surface area contributed by atoms with E-state index in [2.05, 4.69) is 14.9 Å². The van der Waals surface area contributed by atoms with Crippen LogP contribution in [0.25, 0.3) is 21.8 Å². The fourth-order valence-electron chi connectivity index (χ4n) is 4.53. The van der Waals surface area contributed by atoms with Crippen molar-refractivity contribution in [2.24, 2.45) is 0 Å². The third kappa shape index (κ3) is 3.93. The fraction of sp³-hybridized carbons (Fsp3) is 0.333. The monoisotopic (exact) mass is 420 g/mol. The molecule has 0 unspecified atom stereocenters. The molecule has 0 saturated carbocycles. The van der Waals surface area contributed by atoms with Gasteiger partial charge in [0.25, 0.3) is 5.56 Å². The SMILES string of the molecule is COc1ccc2nc(C3CCN(CCc4c[nH]c5cc(F)ccc45)CC3)[nH]c(=O)c2c1. The van der Waals surface area contributed by atoms with Crippen LogP contribution in [0.3, 0.4) is 0 Å². The van der Waals surface area contributed by atoms with Crippen LogP contribution in [0.5, 0.6) is 5.75 Å². The van der Waals surface area contributed by atoms with E-state index in [1.54, 1.807) is 13.2 Å². The van der Waals surface area contributed by atoms with Gasteiger partial charge in [0.2, 0.25) is 0 Å². The van der Waals surface area contributed by atoms with Gasteiger partial charge in [-0.25, -0.2) is 9.37 Å². The van der Waals surface area contributed by atoms with Crippen molar-refractivity contribution in [2.75, 3.05) is 26.7 Å². The summed E-state index contributed by atoms with van der Waals surface area (Å²) in [5, 5.41) is 1.64. The second-order valence-corrected chi connectivity index (χ2v) is 8.20. The second kappa shape index (κ2) is 8.15. The summed E-state index contributed by atoms with van der Waals surface area (Å²) in [6, 6.07) is 10.3. The first kappa shape index (κ1) is 19.8. The Balaban J connectivity index is 1.23. The molecule has 1 aliphatic heterocycles. The molecule has 31 heavy (non-hydrogen) atoms. The van der Waals surface area contributed by atoms with Gasteiger partial charge in [-0.3, -0.25) is 4.79 Å². The summed E-state index contributed by atoms with van der Waals surface area (Å²) in [6.07, 6.45) is 4.83. The van der Waals surface area contributed by atoms with Crippen LogP contribution in [0.4, 0.5) is 4.39 Å². The van der Waals surface area contributed by atoms with Crippen molar-refractivity contribution in [3.05, 3.63) is 70.2 Å². The highest BCUT2D eigenvalue weighted by molar-refractivity contribution is 5.83. The molecule has 0 atom stereocenters. The third-order valence-electron chi connectivity index (χ3n) is 6.33. The Hall–Kier alpha value is -3.19. The molecule has 2 aromatic heterocycles. The first-order chi connectivity index (χ1) is 15.1. The van der Waals surface area contributed by atoms with Crippen LogP contribution in [-0.4, -0.2) is 46.6 Å². The van der Waals surface area contributed by atoms with E-state index in [4.69, 9.17) is 9.72 Å². The number of H-pyrrole nitrogens is 2. The zero-order valence-corrected chi connectivity index (χ0v) is 17.5. The molecular formula is C24H25FN4O2. The van der Waals surface area contributed by atoms with Gasteiger partial charge >= 0.3 is 0 Å². The summed E-state index contributed by atoms with van der Waals surface area (Å²) in [5.41, 5.74) is 2.65. The quantitative estimate of drug-likeness (QED) is 0.512. The number of benzene rings is 2. The zero-order chi connectivity index (χ0) is 21.4. The van der Waals surface area contributed by atoms with E-state index in [9.17, 15) is 9.18 Å². The van der Waals surface area contributed by atoms with Crippen LogP contribution < -0.4 is 10.3 Å². The number of hydrogen-bond acceptors (Lipinski definition) is 4. The maximum Gasteiger partial charge on any atom is 0.258 e. The number of piperidine rings is 1. The van der Waals surface area contributed by atoms with Crippen LogP contribution in [0.15, 0.2) is 47.4 Å². The molecule has 1 saturated heterocycles. The Labute approximate surface area is 179 Å². The normalized spacial score (nSPS) is 15.7. The Morgan fingerprint density at radius 3 is 2.81 bits per heavy atom. The Bertz CT molecular complexity index is 1290. The molecule has 0 radical (unpaired) electrons. The molecule has 2 aromatic carbocycles. The van der Waals surface area contributed by atoms with E-state index >= 15 is 0 Å². The molecular weight excluding hydrogens is 395 g/mol. The highest BCUT2D eigenvalue weighted by Crippen LogP contribution is 2.27. The van der Waals surface area contributed by atoms with Gasteiger partial charge in [-0.05, 0) is 74.3 Å². The maximum atomic E-state index is 13.4. The molecule has 0 amide bonds. The number of aromatic nitrogens is 3. The molecule has 0 spiro atoms. The molecule has 4 aromatic rings. The lowest BCUT2D eigenvalue weighted by molar-refractivity contribution is 0.211. The summed E-state index contributed by atoms with van der Waals surface area (Å²) in [7, 11) is 1.59. The number of ether oxygens (including phenoxy) is 1. The minimum Gasteiger partial charge on any atom is -0.497 e. The van der Waals surface area contributed by atoms with E-state index in [1.807, 2.05) is 24.4 Å². The van der Waals surface area contributed by atoms with Gasteiger partial charge in [-0.15, -0.1) is 0 Å². The Morgan fingerprint density at radius 2 is 2.00 bits per heavy atom. The fourth-order valence-corrected chi connectivity index (χ4v) is 4.53. The Kier molecular flexibility index (Phi) is 5.19. The van der Waals surface area contributed by atoms with E-state index in [0.29, 0.717) is 16.7 Å². The number of nitrogens with zero attached hydrogens (tertiary/aromatic N) is 2. The predicted octanol–water partition coefficient (Wildman–Crippen LogP) is 3.97. The van der Waals surface area contributed by atoms with Crippen molar-refractivity contribution >= 4 is 21.8 Å². The van der Waals surface area contributed by atoms with Crippen molar-refractivity contribution in [1.29, 1.82) is 0 Å². The van der Waals surface area contributed by atoms with Gasteiger partial charge < -0.3 is 19.6 Å². The summed E-state index contributed by atoms with van der Waals surface area (Å²) in [4.78, 5) is 25.9. The molecule has 3 heterocycles. The minimum atomic E-state index is -0.220. The van der Waals surface area contributed by atoms with Crippen molar-refractivity contribution < 1.29 is 9.13 Å². The maximum absolute atomic E-state index is 13.4. The smallest absolute Gasteiger partial charge is 0.258 e. The lowest BCUT2D eigenvalue weighted by Gasteiger charge is -2.31. The number of nitrogens with one attached hydrogen (secondary N) is 2. The standard InChI is InChI=1S/C24H25FN4O2/c1-31-18-3-5-21-20(13-18)24(30)28-23(27-21)15-6-9-29(10-7-15)11-8-16-14-26-22-12-17(25)2-4-19(16)22/h2-5,12-15,26H,6-11H2,1H3,(H,27,28,30). The number of methoxy groups -OCH3 is 1. The molecule has 2 N–H and O–H groups in total. The first-order valence-corrected chi connectivity index (χ1v) is 10.7. The summed E-state index contributed by atoms with van der Waals surface area (Å²) in [5.74, 6) is 1.47. The van der Waals surface area contributed by atoms with Gasteiger partial charge in [-0.1, -0.05) is 0 Å². The van der Waals surface area contributed by atoms with E-state index < -0.39 is 0 Å². The van der Waals surface area contributed by atoms with Gasteiger partial charge in [0.05, 0.1) is 18.0 Å². The van der Waals surface area contributed by atoms with Crippen LogP contribution in [0, 0.1) is 5.82 Å². The first-order valence-electron chi connectivity index (χ1n) is 10.7. The van der Waals surface area contributed by atoms with Crippen molar-refractivity contribution in [3.8, 4) is 5.75 Å². The lowest BCUT2D eigenvalue weighted by atomic mass is 9.95. The third-order valence-corrected chi connectivity index (χ3v) is 6.33. The lowest BCUT2D eigenvalue weighted by Crippen LogP contribution is -2.35. The highest BCUT2D eigenvalue weighted by atomic mass is 19.1. The average molecular weight is 420 g/mol. The topological polar surface area (TPSA) is 74.0 Å². The van der Waals surface area contributed by atoms with E-state index in [0.717, 1.165) is 55.6 Å². The largest absolute Gasteiger partial charge is 0.497 e. The number of halogens is 1. The van der Waals surface area contributed by atoms with Crippen molar-refractivity contribution in [3.63, 3.8) is 0 Å². The van der Waals surface area contributed by atoms with Crippen LogP contribution in [-0.2, 0) is 6.42 Å². The molecule has 1 fully saturated rings. The van der Waals surface area contributed by atoms with Crippen LogP contribution in [0.1, 0.15) is 30.1 Å². The van der Waals surface area contributed by atoms with Crippen LogP contribution >= 0.6 is 0 Å². The van der Waals surface area contributed by atoms with Gasteiger partial charge in [-0.2, -0.15) is 0 Å². The second-order valence-electron chi connectivity index (χ2n) is 8.20. The number of aromatic amines is 2. The number of rotatable bonds is 5. The summed E-state index contributed by atoms with van der Waals surface area (Å²) < 4.78 is 18.6. The molecule has 0 aliphatic carbocycles. The highest BCUT2D eigenvalue weighted by Gasteiger charge is 2.23. The van der Waals surface area contributed by atoms with E-state index in [-0.39, 0.29) is 17.3 Å². The summed E-state index contributed by atoms with van der Waals surface area (Å²) >= 11 is 0. The van der Waals surface area contributed by atoms with Crippen molar-refractivity contribution in [1.82, 2.24) is 19.9 Å².